The molecular formula is C57H96O6. The number of rotatable bonds is 46. The van der Waals surface area contributed by atoms with E-state index in [4.69, 9.17) is 14.2 Å². The molecule has 0 aromatic rings. The van der Waals surface area contributed by atoms with Crippen molar-refractivity contribution in [2.45, 2.75) is 245 Å². The maximum absolute atomic E-state index is 12.7. The van der Waals surface area contributed by atoms with E-state index < -0.39 is 6.10 Å². The lowest BCUT2D eigenvalue weighted by molar-refractivity contribution is -0.167. The monoisotopic (exact) mass is 877 g/mol. The van der Waals surface area contributed by atoms with E-state index in [1.165, 1.54) is 89.9 Å². The third-order valence-electron chi connectivity index (χ3n) is 10.9. The number of carbonyl (C=O) groups is 3. The van der Waals surface area contributed by atoms with Crippen LogP contribution in [0, 0.1) is 0 Å². The van der Waals surface area contributed by atoms with E-state index in [9.17, 15) is 14.4 Å². The van der Waals surface area contributed by atoms with E-state index in [1.54, 1.807) is 0 Å². The van der Waals surface area contributed by atoms with Gasteiger partial charge in [-0.25, -0.2) is 0 Å². The van der Waals surface area contributed by atoms with Crippen LogP contribution < -0.4 is 0 Å². The zero-order valence-corrected chi connectivity index (χ0v) is 41.1. The van der Waals surface area contributed by atoms with Gasteiger partial charge in [-0.2, -0.15) is 0 Å². The summed E-state index contributed by atoms with van der Waals surface area (Å²) in [6.45, 7) is 6.39. The summed E-state index contributed by atoms with van der Waals surface area (Å²) in [6, 6.07) is 0. The summed E-state index contributed by atoms with van der Waals surface area (Å²) in [4.78, 5) is 37.7. The van der Waals surface area contributed by atoms with E-state index >= 15 is 0 Å². The van der Waals surface area contributed by atoms with Crippen LogP contribution in [0.3, 0.4) is 0 Å². The summed E-state index contributed by atoms with van der Waals surface area (Å²) in [5.41, 5.74) is 0. The lowest BCUT2D eigenvalue weighted by Gasteiger charge is -2.18. The number of ether oxygens (including phenoxy) is 3. The Morgan fingerprint density at radius 2 is 0.619 bits per heavy atom. The van der Waals surface area contributed by atoms with Crippen LogP contribution in [0.1, 0.15) is 239 Å². The van der Waals surface area contributed by atoms with Crippen LogP contribution in [0.4, 0.5) is 0 Å². The molecule has 6 nitrogen and oxygen atoms in total. The van der Waals surface area contributed by atoms with Gasteiger partial charge in [0.15, 0.2) is 6.10 Å². The molecule has 1 atom stereocenters. The molecule has 0 aliphatic carbocycles. The van der Waals surface area contributed by atoms with Crippen molar-refractivity contribution in [2.24, 2.45) is 0 Å². The van der Waals surface area contributed by atoms with Gasteiger partial charge in [-0.05, 0) is 96.3 Å². The molecule has 1 unspecified atom stereocenters. The Morgan fingerprint density at radius 3 is 0.984 bits per heavy atom. The zero-order valence-electron chi connectivity index (χ0n) is 41.1. The van der Waals surface area contributed by atoms with Gasteiger partial charge in [-0.3, -0.25) is 14.4 Å². The van der Waals surface area contributed by atoms with Crippen LogP contribution in [0.5, 0.6) is 0 Å². The molecule has 0 aromatic heterocycles. The highest BCUT2D eigenvalue weighted by molar-refractivity contribution is 5.71. The third-order valence-corrected chi connectivity index (χ3v) is 10.9. The van der Waals surface area contributed by atoms with Crippen LogP contribution in [-0.2, 0) is 28.6 Å². The molecule has 0 aliphatic heterocycles. The van der Waals surface area contributed by atoms with Gasteiger partial charge in [0, 0.05) is 19.3 Å². The second-order valence-electron chi connectivity index (χ2n) is 17.1. The third kappa shape index (κ3) is 49.5. The highest BCUT2D eigenvalue weighted by Gasteiger charge is 2.19. The van der Waals surface area contributed by atoms with Crippen LogP contribution >= 0.6 is 0 Å². The molecule has 0 saturated heterocycles. The first-order valence-corrected chi connectivity index (χ1v) is 26.1. The normalized spacial score (nSPS) is 12.7. The Balaban J connectivity index is 4.23. The van der Waals surface area contributed by atoms with E-state index in [2.05, 4.69) is 106 Å². The van der Waals surface area contributed by atoms with Crippen molar-refractivity contribution in [3.8, 4) is 0 Å². The molecule has 360 valence electrons. The van der Waals surface area contributed by atoms with Gasteiger partial charge in [-0.1, -0.05) is 209 Å². The van der Waals surface area contributed by atoms with Gasteiger partial charge in [0.1, 0.15) is 13.2 Å². The van der Waals surface area contributed by atoms with Crippen molar-refractivity contribution in [3.63, 3.8) is 0 Å². The zero-order chi connectivity index (χ0) is 45.8. The van der Waals surface area contributed by atoms with Gasteiger partial charge >= 0.3 is 17.9 Å². The molecule has 0 saturated carbocycles. The van der Waals surface area contributed by atoms with Crippen molar-refractivity contribution >= 4 is 17.9 Å². The van der Waals surface area contributed by atoms with Crippen LogP contribution in [-0.4, -0.2) is 37.2 Å². The van der Waals surface area contributed by atoms with E-state index in [-0.39, 0.29) is 37.5 Å². The molecule has 63 heavy (non-hydrogen) atoms. The number of allylic oxidation sites excluding steroid dienone is 14. The van der Waals surface area contributed by atoms with Gasteiger partial charge < -0.3 is 14.2 Å². The highest BCUT2D eigenvalue weighted by Crippen LogP contribution is 2.14. The van der Waals surface area contributed by atoms with Crippen molar-refractivity contribution in [2.75, 3.05) is 13.2 Å². The Labute approximate surface area is 388 Å². The minimum Gasteiger partial charge on any atom is -0.462 e. The van der Waals surface area contributed by atoms with E-state index in [0.29, 0.717) is 12.8 Å². The summed E-state index contributed by atoms with van der Waals surface area (Å²) in [6.07, 6.45) is 66.1. The number of hydrogen-bond acceptors (Lipinski definition) is 6. The first-order valence-electron chi connectivity index (χ1n) is 26.1. The van der Waals surface area contributed by atoms with Crippen molar-refractivity contribution in [1.82, 2.24) is 0 Å². The maximum Gasteiger partial charge on any atom is 0.306 e. The van der Waals surface area contributed by atoms with Crippen molar-refractivity contribution in [3.05, 3.63) is 85.1 Å². The molecule has 0 amide bonds. The first-order chi connectivity index (χ1) is 31.0. The number of carbonyl (C=O) groups excluding carboxylic acids is 3. The number of unbranched alkanes of at least 4 members (excludes halogenated alkanes) is 21. The Morgan fingerprint density at radius 1 is 0.333 bits per heavy atom. The van der Waals surface area contributed by atoms with Crippen LogP contribution in [0.15, 0.2) is 85.1 Å². The summed E-state index contributed by atoms with van der Waals surface area (Å²) >= 11 is 0. The molecule has 0 aromatic carbocycles. The molecule has 0 fully saturated rings. The van der Waals surface area contributed by atoms with Gasteiger partial charge in [-0.15, -0.1) is 0 Å². The van der Waals surface area contributed by atoms with E-state index in [1.807, 2.05) is 0 Å². The molecule has 0 N–H and O–H groups in total. The molecule has 0 radical (unpaired) electrons. The van der Waals surface area contributed by atoms with Gasteiger partial charge in [0.05, 0.1) is 0 Å². The van der Waals surface area contributed by atoms with Gasteiger partial charge in [0.2, 0.25) is 0 Å². The highest BCUT2D eigenvalue weighted by atomic mass is 16.6. The molecule has 0 rings (SSSR count). The Bertz CT molecular complexity index is 1240. The predicted molar refractivity (Wildman–Crippen MR) is 270 cm³/mol. The minimum absolute atomic E-state index is 0.0927. The smallest absolute Gasteiger partial charge is 0.306 e. The van der Waals surface area contributed by atoms with Crippen molar-refractivity contribution in [1.29, 1.82) is 0 Å². The van der Waals surface area contributed by atoms with E-state index in [0.717, 1.165) is 109 Å². The van der Waals surface area contributed by atoms with Gasteiger partial charge in [0.25, 0.3) is 0 Å². The fourth-order valence-electron chi connectivity index (χ4n) is 6.97. The molecule has 0 aliphatic rings. The fraction of sp³-hybridized carbons (Fsp3) is 0.702. The SMILES string of the molecule is CC/C=C\C/C=C\C/C=C\C/C=C\C/C=C\CCCCCC(=O)OC(COC(=O)CCCCCCC)COC(=O)CCCCCCCCCCC/C=C\C/C=C\CCCCCCC. The largest absolute Gasteiger partial charge is 0.462 e. The topological polar surface area (TPSA) is 78.9 Å². The Kier molecular flexibility index (Phi) is 48.5. The molecule has 0 heterocycles. The lowest BCUT2D eigenvalue weighted by Crippen LogP contribution is -2.30. The molecular weight excluding hydrogens is 781 g/mol. The second-order valence-corrected chi connectivity index (χ2v) is 17.1. The summed E-state index contributed by atoms with van der Waals surface area (Å²) in [7, 11) is 0. The Hall–Kier alpha value is -3.41. The van der Waals surface area contributed by atoms with Crippen LogP contribution in [0.2, 0.25) is 0 Å². The first kappa shape index (κ1) is 59.6. The van der Waals surface area contributed by atoms with Crippen LogP contribution in [0.25, 0.3) is 0 Å². The standard InChI is InChI=1S/C57H96O6/c1-4-7-10-13-15-17-19-21-23-25-27-28-30-31-33-35-37-39-41-44-47-50-56(59)62-53-54(52-61-55(58)49-46-43-12-9-6-3)63-57(60)51-48-45-42-40-38-36-34-32-29-26-24-22-20-18-16-14-11-8-5-2/h8,11,16,18-19,21-22,24-25,27,29,32,36,38,54H,4-7,9-10,12-15,17,20,23,26,28,30-31,33-35,37,39-53H2,1-3H3/b11-8-,18-16-,21-19-,24-22-,27-25-,32-29-,38-36-. The summed E-state index contributed by atoms with van der Waals surface area (Å²) in [5, 5.41) is 0. The maximum atomic E-state index is 12.7. The lowest BCUT2D eigenvalue weighted by atomic mass is 10.1. The summed E-state index contributed by atoms with van der Waals surface area (Å²) in [5.74, 6) is -0.944. The average Bonchev–Trinajstić information content (AvgIpc) is 3.28. The number of esters is 3. The molecule has 0 spiro atoms. The molecule has 6 heteroatoms. The minimum atomic E-state index is -0.792. The predicted octanol–water partition coefficient (Wildman–Crippen LogP) is 17.2. The quantitative estimate of drug-likeness (QED) is 0.0262. The average molecular weight is 877 g/mol. The summed E-state index contributed by atoms with van der Waals surface area (Å²) < 4.78 is 16.6. The van der Waals surface area contributed by atoms with Crippen molar-refractivity contribution < 1.29 is 28.6 Å². The number of hydrogen-bond donors (Lipinski definition) is 0. The second kappa shape index (κ2) is 51.2. The fourth-order valence-corrected chi connectivity index (χ4v) is 6.97. The molecule has 0 bridgehead atoms.